The highest BCUT2D eigenvalue weighted by molar-refractivity contribution is 5.48. The van der Waals surface area contributed by atoms with Crippen molar-refractivity contribution in [3.63, 3.8) is 0 Å². The maximum atomic E-state index is 6.09. The van der Waals surface area contributed by atoms with E-state index in [2.05, 4.69) is 0 Å². The number of ether oxygens (including phenoxy) is 4. The monoisotopic (exact) mass is 314 g/mol. The Hall–Kier alpha value is -1.72. The maximum Gasteiger partial charge on any atom is 0.232 e. The first kappa shape index (κ1) is 16.1. The number of fused-ring (bicyclic) bond motifs is 1. The summed E-state index contributed by atoms with van der Waals surface area (Å²) in [7, 11) is 6.61. The third kappa shape index (κ3) is 1.93. The van der Waals surface area contributed by atoms with Crippen molar-refractivity contribution in [2.45, 2.75) is 17.5 Å². The molecule has 2 unspecified atom stereocenters. The van der Waals surface area contributed by atoms with E-state index in [1.54, 1.807) is 28.4 Å². The first-order valence-corrected chi connectivity index (χ1v) is 7.55. The van der Waals surface area contributed by atoms with Gasteiger partial charge in [-0.1, -0.05) is 54.6 Å². The Kier molecular flexibility index (Phi) is 4.25. The van der Waals surface area contributed by atoms with Gasteiger partial charge in [0.25, 0.3) is 0 Å². The van der Waals surface area contributed by atoms with Crippen LogP contribution in [-0.4, -0.2) is 28.4 Å². The van der Waals surface area contributed by atoms with Crippen LogP contribution < -0.4 is 0 Å². The van der Waals surface area contributed by atoms with Crippen molar-refractivity contribution >= 4 is 0 Å². The standard InChI is InChI=1S/C19H22O4/c1-20-17-15-12-8-9-13-16(15)19(22-3,23-4)18(17,21-2)14-10-6-5-7-11-14/h5-13,17H,1-4H3. The molecule has 0 N–H and O–H groups in total. The molecular formula is C19H22O4. The van der Waals surface area contributed by atoms with Crippen molar-refractivity contribution in [3.8, 4) is 0 Å². The molecule has 0 bridgehead atoms. The molecule has 0 fully saturated rings. The van der Waals surface area contributed by atoms with Gasteiger partial charge in [-0.25, -0.2) is 0 Å². The van der Waals surface area contributed by atoms with Crippen LogP contribution in [0.3, 0.4) is 0 Å². The zero-order chi connectivity index (χ0) is 16.5. The Morgan fingerprint density at radius 3 is 1.91 bits per heavy atom. The van der Waals surface area contributed by atoms with Gasteiger partial charge in [-0.05, 0) is 11.1 Å². The highest BCUT2D eigenvalue weighted by Gasteiger charge is 2.67. The molecule has 0 spiro atoms. The van der Waals surface area contributed by atoms with E-state index in [1.807, 2.05) is 54.6 Å². The lowest BCUT2D eigenvalue weighted by Crippen LogP contribution is -2.52. The molecule has 4 nitrogen and oxygen atoms in total. The molecule has 0 saturated heterocycles. The Morgan fingerprint density at radius 2 is 1.35 bits per heavy atom. The average Bonchev–Trinajstić information content (AvgIpc) is 2.88. The van der Waals surface area contributed by atoms with E-state index < -0.39 is 11.4 Å². The van der Waals surface area contributed by atoms with Gasteiger partial charge in [0.15, 0.2) is 5.60 Å². The van der Waals surface area contributed by atoms with Gasteiger partial charge in [0.2, 0.25) is 5.79 Å². The summed E-state index contributed by atoms with van der Waals surface area (Å²) >= 11 is 0. The van der Waals surface area contributed by atoms with Crippen molar-refractivity contribution in [2.24, 2.45) is 0 Å². The van der Waals surface area contributed by atoms with Crippen LogP contribution in [0.25, 0.3) is 0 Å². The number of hydrogen-bond acceptors (Lipinski definition) is 4. The van der Waals surface area contributed by atoms with Gasteiger partial charge in [-0.15, -0.1) is 0 Å². The molecule has 0 aliphatic heterocycles. The quantitative estimate of drug-likeness (QED) is 0.793. The molecule has 3 rings (SSSR count). The Balaban J connectivity index is 2.37. The first-order valence-electron chi connectivity index (χ1n) is 7.55. The molecular weight excluding hydrogens is 292 g/mol. The van der Waals surface area contributed by atoms with Crippen LogP contribution in [0.5, 0.6) is 0 Å². The van der Waals surface area contributed by atoms with Crippen molar-refractivity contribution in [1.29, 1.82) is 0 Å². The maximum absolute atomic E-state index is 6.09. The third-order valence-electron chi connectivity index (χ3n) is 4.79. The molecule has 2 aromatic rings. The van der Waals surface area contributed by atoms with E-state index in [9.17, 15) is 0 Å². The molecule has 1 aliphatic carbocycles. The van der Waals surface area contributed by atoms with E-state index in [1.165, 1.54) is 0 Å². The minimum atomic E-state index is -1.10. The first-order chi connectivity index (χ1) is 11.2. The van der Waals surface area contributed by atoms with Crippen LogP contribution in [0.2, 0.25) is 0 Å². The Bertz CT molecular complexity index is 666. The summed E-state index contributed by atoms with van der Waals surface area (Å²) in [5.74, 6) is -1.10. The van der Waals surface area contributed by atoms with Crippen LogP contribution in [0.4, 0.5) is 0 Å². The van der Waals surface area contributed by atoms with E-state index in [0.717, 1.165) is 16.7 Å². The fraction of sp³-hybridized carbons (Fsp3) is 0.368. The molecule has 0 heterocycles. The second-order valence-electron chi connectivity index (χ2n) is 5.53. The normalized spacial score (nSPS) is 25.3. The van der Waals surface area contributed by atoms with Crippen molar-refractivity contribution in [2.75, 3.05) is 28.4 Å². The van der Waals surface area contributed by atoms with Gasteiger partial charge in [0.1, 0.15) is 6.10 Å². The summed E-state index contributed by atoms with van der Waals surface area (Å²) in [5, 5.41) is 0. The minimum absolute atomic E-state index is 0.356. The van der Waals surface area contributed by atoms with E-state index >= 15 is 0 Å². The summed E-state index contributed by atoms with van der Waals surface area (Å²) in [6.45, 7) is 0. The molecule has 0 saturated carbocycles. The summed E-state index contributed by atoms with van der Waals surface area (Å²) < 4.78 is 23.8. The van der Waals surface area contributed by atoms with Crippen LogP contribution in [-0.2, 0) is 30.3 Å². The summed E-state index contributed by atoms with van der Waals surface area (Å²) in [6, 6.07) is 17.9. The van der Waals surface area contributed by atoms with Gasteiger partial charge < -0.3 is 18.9 Å². The van der Waals surface area contributed by atoms with Crippen LogP contribution in [0, 0.1) is 0 Å². The number of hydrogen-bond donors (Lipinski definition) is 0. The van der Waals surface area contributed by atoms with Gasteiger partial charge in [0.05, 0.1) is 0 Å². The largest absolute Gasteiger partial charge is 0.373 e. The van der Waals surface area contributed by atoms with Crippen LogP contribution in [0.15, 0.2) is 54.6 Å². The molecule has 2 atom stereocenters. The predicted octanol–water partition coefficient (Wildman–Crippen LogP) is 3.38. The molecule has 122 valence electrons. The minimum Gasteiger partial charge on any atom is -0.373 e. The average molecular weight is 314 g/mol. The number of methoxy groups -OCH3 is 4. The van der Waals surface area contributed by atoms with Gasteiger partial charge in [-0.2, -0.15) is 0 Å². The predicted molar refractivity (Wildman–Crippen MR) is 87.0 cm³/mol. The molecule has 2 aromatic carbocycles. The molecule has 23 heavy (non-hydrogen) atoms. The topological polar surface area (TPSA) is 36.9 Å². The fourth-order valence-corrected chi connectivity index (χ4v) is 3.90. The highest BCUT2D eigenvalue weighted by atomic mass is 16.7. The molecule has 0 radical (unpaired) electrons. The van der Waals surface area contributed by atoms with Crippen molar-refractivity contribution in [3.05, 3.63) is 71.3 Å². The van der Waals surface area contributed by atoms with Crippen molar-refractivity contribution in [1.82, 2.24) is 0 Å². The summed E-state index contributed by atoms with van der Waals surface area (Å²) in [6.07, 6.45) is -0.356. The number of benzene rings is 2. The Morgan fingerprint density at radius 1 is 0.739 bits per heavy atom. The van der Waals surface area contributed by atoms with Crippen molar-refractivity contribution < 1.29 is 18.9 Å². The zero-order valence-corrected chi connectivity index (χ0v) is 13.9. The fourth-order valence-electron chi connectivity index (χ4n) is 3.90. The van der Waals surface area contributed by atoms with E-state index in [-0.39, 0.29) is 6.10 Å². The summed E-state index contributed by atoms with van der Waals surface area (Å²) in [5.41, 5.74) is 1.91. The lowest BCUT2D eigenvalue weighted by atomic mass is 9.83. The van der Waals surface area contributed by atoms with E-state index in [4.69, 9.17) is 18.9 Å². The lowest BCUT2D eigenvalue weighted by molar-refractivity contribution is -0.339. The van der Waals surface area contributed by atoms with E-state index in [0.29, 0.717) is 0 Å². The zero-order valence-electron chi connectivity index (χ0n) is 13.9. The molecule has 0 aromatic heterocycles. The SMILES string of the molecule is COC1c2ccccc2C(OC)(OC)C1(OC)c1ccccc1. The molecule has 1 aliphatic rings. The second-order valence-corrected chi connectivity index (χ2v) is 5.53. The molecule has 4 heteroatoms. The van der Waals surface area contributed by atoms with Gasteiger partial charge in [-0.3, -0.25) is 0 Å². The van der Waals surface area contributed by atoms with Gasteiger partial charge in [0, 0.05) is 34.0 Å². The highest BCUT2D eigenvalue weighted by Crippen LogP contribution is 2.61. The van der Waals surface area contributed by atoms with Gasteiger partial charge >= 0.3 is 0 Å². The van der Waals surface area contributed by atoms with Crippen LogP contribution in [0.1, 0.15) is 22.8 Å². The summed E-state index contributed by atoms with van der Waals surface area (Å²) in [4.78, 5) is 0. The third-order valence-corrected chi connectivity index (χ3v) is 4.79. The second kappa shape index (κ2) is 6.06. The number of rotatable bonds is 5. The Labute approximate surface area is 136 Å². The lowest BCUT2D eigenvalue weighted by Gasteiger charge is -2.45. The molecule has 0 amide bonds. The smallest absolute Gasteiger partial charge is 0.232 e. The van der Waals surface area contributed by atoms with Crippen LogP contribution >= 0.6 is 0 Å².